The largest absolute Gasteiger partial charge is 0.391 e. The summed E-state index contributed by atoms with van der Waals surface area (Å²) in [5.74, 6) is 0.306. The summed E-state index contributed by atoms with van der Waals surface area (Å²) in [5, 5.41) is 9.37. The first-order valence-electron chi connectivity index (χ1n) is 3.88. The van der Waals surface area contributed by atoms with E-state index in [2.05, 4.69) is 11.8 Å². The second-order valence-electron chi connectivity index (χ2n) is 2.92. The Morgan fingerprint density at radius 2 is 2.30 bits per heavy atom. The molecule has 60 valence electrons. The van der Waals surface area contributed by atoms with E-state index in [4.69, 9.17) is 5.73 Å². The Kier molecular flexibility index (Phi) is 2.65. The predicted molar refractivity (Wildman–Crippen MR) is 40.7 cm³/mol. The van der Waals surface area contributed by atoms with Gasteiger partial charge >= 0.3 is 0 Å². The average Bonchev–Trinajstić information content (AvgIpc) is 2.30. The van der Waals surface area contributed by atoms with Gasteiger partial charge in [-0.05, 0) is 13.1 Å². The number of nitrogens with two attached hydrogens (primary N) is 1. The van der Waals surface area contributed by atoms with E-state index in [9.17, 15) is 5.11 Å². The van der Waals surface area contributed by atoms with Gasteiger partial charge < -0.3 is 15.7 Å². The molecule has 0 radical (unpaired) electrons. The quantitative estimate of drug-likeness (QED) is 0.536. The Hall–Kier alpha value is -0.120. The normalized spacial score (nSPS) is 35.1. The predicted octanol–water partition coefficient (Wildman–Crippen LogP) is -0.742. The minimum Gasteiger partial charge on any atom is -0.391 e. The third-order valence-electron chi connectivity index (χ3n) is 2.23. The topological polar surface area (TPSA) is 49.5 Å². The highest BCUT2D eigenvalue weighted by atomic mass is 16.3. The van der Waals surface area contributed by atoms with Crippen LogP contribution in [0.3, 0.4) is 0 Å². The lowest BCUT2D eigenvalue weighted by atomic mass is 10.1. The third-order valence-corrected chi connectivity index (χ3v) is 2.23. The van der Waals surface area contributed by atoms with Crippen molar-refractivity contribution in [3.05, 3.63) is 0 Å². The molecular formula is C7H16N2O. The number of hydrogen-bond acceptors (Lipinski definition) is 3. The summed E-state index contributed by atoms with van der Waals surface area (Å²) in [6.07, 6.45) is -0.190. The average molecular weight is 144 g/mol. The molecule has 2 atom stereocenters. The Morgan fingerprint density at radius 1 is 1.60 bits per heavy atom. The van der Waals surface area contributed by atoms with E-state index < -0.39 is 0 Å². The zero-order chi connectivity index (χ0) is 7.56. The van der Waals surface area contributed by atoms with Crippen molar-refractivity contribution in [3.63, 3.8) is 0 Å². The fourth-order valence-corrected chi connectivity index (χ4v) is 1.43. The zero-order valence-corrected chi connectivity index (χ0v) is 6.45. The summed E-state index contributed by atoms with van der Waals surface area (Å²) in [7, 11) is 0. The standard InChI is InChI=1S/C7H16N2O/c1-2-9-4-6(3-8)7(10)5-9/h6-7,10H,2-5,8H2,1H3. The van der Waals surface area contributed by atoms with Crippen LogP contribution < -0.4 is 5.73 Å². The molecule has 0 aliphatic carbocycles. The van der Waals surface area contributed by atoms with Gasteiger partial charge in [0.15, 0.2) is 0 Å². The van der Waals surface area contributed by atoms with Crippen molar-refractivity contribution in [2.24, 2.45) is 11.7 Å². The maximum Gasteiger partial charge on any atom is 0.0719 e. The smallest absolute Gasteiger partial charge is 0.0719 e. The minimum atomic E-state index is -0.190. The summed E-state index contributed by atoms with van der Waals surface area (Å²) >= 11 is 0. The number of β-amino-alcohol motifs (C(OH)–C–C–N with tert-alkyl or cyclic N) is 1. The van der Waals surface area contributed by atoms with Crippen LogP contribution in [0, 0.1) is 5.92 Å². The molecule has 10 heavy (non-hydrogen) atoms. The molecule has 1 aliphatic rings. The summed E-state index contributed by atoms with van der Waals surface area (Å²) < 4.78 is 0. The van der Waals surface area contributed by atoms with Crippen molar-refractivity contribution in [2.75, 3.05) is 26.2 Å². The van der Waals surface area contributed by atoms with Crippen LogP contribution in [0.5, 0.6) is 0 Å². The number of aliphatic hydroxyl groups is 1. The highest BCUT2D eigenvalue weighted by molar-refractivity contribution is 4.83. The van der Waals surface area contributed by atoms with E-state index in [1.165, 1.54) is 0 Å². The Bertz CT molecular complexity index is 108. The molecular weight excluding hydrogens is 128 g/mol. The summed E-state index contributed by atoms with van der Waals surface area (Å²) in [5.41, 5.74) is 5.45. The molecule has 0 saturated carbocycles. The van der Waals surface area contributed by atoms with Crippen LogP contribution in [0.15, 0.2) is 0 Å². The third kappa shape index (κ3) is 1.48. The summed E-state index contributed by atoms with van der Waals surface area (Å²) in [6.45, 7) is 5.50. The van der Waals surface area contributed by atoms with Gasteiger partial charge in [-0.15, -0.1) is 0 Å². The van der Waals surface area contributed by atoms with Gasteiger partial charge in [0.1, 0.15) is 0 Å². The molecule has 1 heterocycles. The van der Waals surface area contributed by atoms with Gasteiger partial charge in [-0.2, -0.15) is 0 Å². The number of likely N-dealkylation sites (tertiary alicyclic amines) is 1. The highest BCUT2D eigenvalue weighted by Crippen LogP contribution is 2.14. The molecule has 1 aliphatic heterocycles. The molecule has 0 aromatic heterocycles. The van der Waals surface area contributed by atoms with Crippen molar-refractivity contribution in [1.82, 2.24) is 4.90 Å². The van der Waals surface area contributed by atoms with Crippen LogP contribution in [0.2, 0.25) is 0 Å². The fraction of sp³-hybridized carbons (Fsp3) is 1.00. The maximum atomic E-state index is 9.37. The first-order valence-corrected chi connectivity index (χ1v) is 3.88. The van der Waals surface area contributed by atoms with Crippen LogP contribution >= 0.6 is 0 Å². The first kappa shape index (κ1) is 7.98. The minimum absolute atomic E-state index is 0.190. The summed E-state index contributed by atoms with van der Waals surface area (Å²) in [4.78, 5) is 2.22. The zero-order valence-electron chi connectivity index (χ0n) is 6.45. The molecule has 0 aromatic carbocycles. The van der Waals surface area contributed by atoms with Crippen molar-refractivity contribution in [2.45, 2.75) is 13.0 Å². The van der Waals surface area contributed by atoms with Crippen molar-refractivity contribution >= 4 is 0 Å². The van der Waals surface area contributed by atoms with Gasteiger partial charge in [-0.1, -0.05) is 6.92 Å². The number of nitrogens with zero attached hydrogens (tertiary/aromatic N) is 1. The van der Waals surface area contributed by atoms with Crippen LogP contribution in [-0.2, 0) is 0 Å². The first-order chi connectivity index (χ1) is 4.77. The Balaban J connectivity index is 2.36. The van der Waals surface area contributed by atoms with Crippen LogP contribution in [0.1, 0.15) is 6.92 Å². The van der Waals surface area contributed by atoms with E-state index in [1.54, 1.807) is 0 Å². The monoisotopic (exact) mass is 144 g/mol. The molecule has 3 nitrogen and oxygen atoms in total. The molecule has 1 rings (SSSR count). The molecule has 1 fully saturated rings. The molecule has 3 N–H and O–H groups in total. The SMILES string of the molecule is CCN1CC(O)C(CN)C1. The Morgan fingerprint density at radius 3 is 2.60 bits per heavy atom. The highest BCUT2D eigenvalue weighted by Gasteiger charge is 2.28. The van der Waals surface area contributed by atoms with Gasteiger partial charge in [0.2, 0.25) is 0 Å². The molecule has 0 bridgehead atoms. The number of likely N-dealkylation sites (N-methyl/N-ethyl adjacent to an activating group) is 1. The number of hydrogen-bond donors (Lipinski definition) is 2. The second-order valence-corrected chi connectivity index (χ2v) is 2.92. The van der Waals surface area contributed by atoms with E-state index >= 15 is 0 Å². The van der Waals surface area contributed by atoms with Crippen LogP contribution in [0.25, 0.3) is 0 Å². The molecule has 1 saturated heterocycles. The molecule has 2 unspecified atom stereocenters. The van der Waals surface area contributed by atoms with Gasteiger partial charge in [-0.3, -0.25) is 0 Å². The fourth-order valence-electron chi connectivity index (χ4n) is 1.43. The van der Waals surface area contributed by atoms with Gasteiger partial charge in [0.25, 0.3) is 0 Å². The molecule has 0 spiro atoms. The van der Waals surface area contributed by atoms with Crippen LogP contribution in [0.4, 0.5) is 0 Å². The van der Waals surface area contributed by atoms with E-state index in [1.807, 2.05) is 0 Å². The lowest BCUT2D eigenvalue weighted by molar-refractivity contribution is 0.145. The lowest BCUT2D eigenvalue weighted by Gasteiger charge is -2.10. The number of rotatable bonds is 2. The second kappa shape index (κ2) is 3.32. The maximum absolute atomic E-state index is 9.37. The van der Waals surface area contributed by atoms with Crippen molar-refractivity contribution in [3.8, 4) is 0 Å². The van der Waals surface area contributed by atoms with Gasteiger partial charge in [-0.25, -0.2) is 0 Å². The molecule has 3 heteroatoms. The molecule has 0 aromatic rings. The van der Waals surface area contributed by atoms with Crippen LogP contribution in [-0.4, -0.2) is 42.3 Å². The summed E-state index contributed by atoms with van der Waals surface area (Å²) in [6, 6.07) is 0. The van der Waals surface area contributed by atoms with E-state index in [-0.39, 0.29) is 6.10 Å². The van der Waals surface area contributed by atoms with Gasteiger partial charge in [0, 0.05) is 19.0 Å². The lowest BCUT2D eigenvalue weighted by Crippen LogP contribution is -2.25. The van der Waals surface area contributed by atoms with E-state index in [0.717, 1.165) is 19.6 Å². The Labute approximate surface area is 61.8 Å². The molecule has 0 amide bonds. The van der Waals surface area contributed by atoms with Crippen molar-refractivity contribution < 1.29 is 5.11 Å². The van der Waals surface area contributed by atoms with Crippen molar-refractivity contribution in [1.29, 1.82) is 0 Å². The van der Waals surface area contributed by atoms with Gasteiger partial charge in [0.05, 0.1) is 6.10 Å². The van der Waals surface area contributed by atoms with E-state index in [0.29, 0.717) is 12.5 Å². The number of aliphatic hydroxyl groups excluding tert-OH is 1.